The minimum atomic E-state index is -0.368. The number of carbonyl (C=O) groups is 2. The zero-order chi connectivity index (χ0) is 15.4. The molecule has 0 radical (unpaired) electrons. The summed E-state index contributed by atoms with van der Waals surface area (Å²) in [5.41, 5.74) is 1.24. The van der Waals surface area contributed by atoms with Crippen molar-refractivity contribution in [2.75, 3.05) is 25.2 Å². The number of esters is 1. The third kappa shape index (κ3) is 3.44. The fourth-order valence-electron chi connectivity index (χ4n) is 2.08. The smallest absolute Gasteiger partial charge is 0.333 e. The van der Waals surface area contributed by atoms with Crippen LogP contribution in [-0.2, 0) is 14.3 Å². The minimum absolute atomic E-state index is 0.00214. The molecule has 0 saturated carbocycles. The topological polar surface area (TPSA) is 55.8 Å². The average Bonchev–Trinajstić information content (AvgIpc) is 2.49. The summed E-state index contributed by atoms with van der Waals surface area (Å²) < 4.78 is 11.0. The summed E-state index contributed by atoms with van der Waals surface area (Å²) in [5.74, 6) is 0.146. The molecule has 21 heavy (non-hydrogen) atoms. The Morgan fingerprint density at radius 1 is 1.52 bits per heavy atom. The van der Waals surface area contributed by atoms with Gasteiger partial charge in [-0.1, -0.05) is 28.9 Å². The first-order valence-electron chi connectivity index (χ1n) is 6.57. The number of fused-ring (bicyclic) bond motifs is 1. The van der Waals surface area contributed by atoms with E-state index >= 15 is 0 Å². The van der Waals surface area contributed by atoms with Crippen LogP contribution < -0.4 is 9.64 Å². The number of carbonyl (C=O) groups excluding carboxylic acids is 2. The van der Waals surface area contributed by atoms with Crippen LogP contribution in [0.5, 0.6) is 5.75 Å². The maximum absolute atomic E-state index is 12.0. The van der Waals surface area contributed by atoms with E-state index in [1.165, 1.54) is 7.11 Å². The van der Waals surface area contributed by atoms with Crippen LogP contribution in [0, 0.1) is 0 Å². The molecule has 0 N–H and O–H groups in total. The first kappa shape index (κ1) is 15.6. The van der Waals surface area contributed by atoms with E-state index in [-0.39, 0.29) is 18.5 Å². The highest BCUT2D eigenvalue weighted by molar-refractivity contribution is 9.10. The van der Waals surface area contributed by atoms with Gasteiger partial charge >= 0.3 is 5.97 Å². The summed E-state index contributed by atoms with van der Waals surface area (Å²) >= 11 is 3.38. The molecule has 1 aromatic carbocycles. The average molecular weight is 354 g/mol. The Kier molecular flexibility index (Phi) is 5.01. The maximum atomic E-state index is 12.0. The second kappa shape index (κ2) is 6.76. The molecule has 0 unspecified atom stereocenters. The Hall–Kier alpha value is -1.82. The van der Waals surface area contributed by atoms with Crippen molar-refractivity contribution < 1.29 is 19.1 Å². The summed E-state index contributed by atoms with van der Waals surface area (Å²) in [6, 6.07) is 5.49. The molecule has 6 heteroatoms. The number of nitrogens with zero attached hydrogens (tertiary/aromatic N) is 1. The number of halogens is 1. The number of hydrogen-bond acceptors (Lipinski definition) is 4. The molecule has 0 fully saturated rings. The first-order valence-corrected chi connectivity index (χ1v) is 7.36. The number of rotatable bonds is 4. The van der Waals surface area contributed by atoms with Gasteiger partial charge < -0.3 is 14.4 Å². The molecule has 0 aromatic heterocycles. The fourth-order valence-corrected chi connectivity index (χ4v) is 2.43. The van der Waals surface area contributed by atoms with Crippen molar-refractivity contribution in [2.24, 2.45) is 0 Å². The van der Waals surface area contributed by atoms with Gasteiger partial charge in [0.2, 0.25) is 0 Å². The van der Waals surface area contributed by atoms with Crippen LogP contribution in [0.4, 0.5) is 5.69 Å². The number of amides is 1. The van der Waals surface area contributed by atoms with E-state index in [1.807, 2.05) is 25.1 Å². The monoisotopic (exact) mass is 353 g/mol. The van der Waals surface area contributed by atoms with Gasteiger partial charge in [0.25, 0.3) is 5.91 Å². The summed E-state index contributed by atoms with van der Waals surface area (Å²) in [5, 5.41) is 0. The molecule has 0 aliphatic carbocycles. The van der Waals surface area contributed by atoms with Gasteiger partial charge in [0, 0.05) is 16.6 Å². The van der Waals surface area contributed by atoms with Crippen molar-refractivity contribution >= 4 is 33.5 Å². The Morgan fingerprint density at radius 3 is 2.95 bits per heavy atom. The Morgan fingerprint density at radius 2 is 2.29 bits per heavy atom. The van der Waals surface area contributed by atoms with Crippen molar-refractivity contribution in [3.8, 4) is 5.75 Å². The summed E-state index contributed by atoms with van der Waals surface area (Å²) in [4.78, 5) is 25.2. The van der Waals surface area contributed by atoms with Gasteiger partial charge in [0.15, 0.2) is 6.61 Å². The van der Waals surface area contributed by atoms with Gasteiger partial charge in [-0.3, -0.25) is 4.79 Å². The van der Waals surface area contributed by atoms with Gasteiger partial charge in [0.05, 0.1) is 12.8 Å². The minimum Gasteiger partial charge on any atom is -0.482 e. The number of methoxy groups -OCH3 is 1. The lowest BCUT2D eigenvalue weighted by molar-refractivity contribution is -0.136. The van der Waals surface area contributed by atoms with Gasteiger partial charge in [-0.2, -0.15) is 0 Å². The highest BCUT2D eigenvalue weighted by Gasteiger charge is 2.25. The van der Waals surface area contributed by atoms with Crippen LogP contribution >= 0.6 is 15.9 Å². The fraction of sp³-hybridized carbons (Fsp3) is 0.333. The Balaban J connectivity index is 2.27. The van der Waals surface area contributed by atoms with E-state index < -0.39 is 0 Å². The van der Waals surface area contributed by atoms with Crippen LogP contribution in [0.25, 0.3) is 0 Å². The van der Waals surface area contributed by atoms with E-state index in [1.54, 1.807) is 11.0 Å². The quantitative estimate of drug-likeness (QED) is 0.616. The van der Waals surface area contributed by atoms with Crippen LogP contribution in [-0.4, -0.2) is 32.1 Å². The van der Waals surface area contributed by atoms with Gasteiger partial charge in [-0.15, -0.1) is 0 Å². The Labute approximate surface area is 131 Å². The van der Waals surface area contributed by atoms with Crippen LogP contribution in [0.2, 0.25) is 0 Å². The lowest BCUT2D eigenvalue weighted by atomic mass is 10.1. The van der Waals surface area contributed by atoms with Crippen LogP contribution in [0.15, 0.2) is 34.3 Å². The van der Waals surface area contributed by atoms with Crippen molar-refractivity contribution in [2.45, 2.75) is 13.3 Å². The molecule has 1 aliphatic rings. The molecule has 1 amide bonds. The largest absolute Gasteiger partial charge is 0.482 e. The highest BCUT2D eigenvalue weighted by atomic mass is 79.9. The van der Waals surface area contributed by atoms with Gasteiger partial charge in [-0.05, 0) is 24.6 Å². The lowest BCUT2D eigenvalue weighted by Crippen LogP contribution is -2.39. The molecule has 1 heterocycles. The molecule has 0 saturated heterocycles. The van der Waals surface area contributed by atoms with Gasteiger partial charge in [-0.25, -0.2) is 4.79 Å². The van der Waals surface area contributed by atoms with E-state index in [2.05, 4.69) is 15.9 Å². The molecule has 0 atom stereocenters. The predicted octanol–water partition coefficient (Wildman–Crippen LogP) is 2.68. The van der Waals surface area contributed by atoms with Crippen molar-refractivity contribution in [3.63, 3.8) is 0 Å². The zero-order valence-corrected chi connectivity index (χ0v) is 13.5. The molecule has 5 nitrogen and oxygen atoms in total. The molecule has 1 aromatic rings. The third-order valence-corrected chi connectivity index (χ3v) is 3.71. The molecule has 1 aliphatic heterocycles. The summed E-state index contributed by atoms with van der Waals surface area (Å²) in [6.07, 6.45) is 2.27. The van der Waals surface area contributed by atoms with E-state index in [0.717, 1.165) is 4.47 Å². The van der Waals surface area contributed by atoms with Crippen molar-refractivity contribution in [1.29, 1.82) is 0 Å². The van der Waals surface area contributed by atoms with Crippen LogP contribution in [0.3, 0.4) is 0 Å². The summed E-state index contributed by atoms with van der Waals surface area (Å²) in [6.45, 7) is 2.18. The molecule has 0 spiro atoms. The summed E-state index contributed by atoms with van der Waals surface area (Å²) in [7, 11) is 1.35. The zero-order valence-electron chi connectivity index (χ0n) is 11.9. The second-order valence-electron chi connectivity index (χ2n) is 4.48. The van der Waals surface area contributed by atoms with Crippen molar-refractivity contribution in [1.82, 2.24) is 0 Å². The first-order chi connectivity index (χ1) is 10.1. The van der Waals surface area contributed by atoms with Gasteiger partial charge in [0.1, 0.15) is 5.75 Å². The number of ether oxygens (including phenoxy) is 2. The number of hydrogen-bond donors (Lipinski definition) is 0. The number of benzene rings is 1. The predicted molar refractivity (Wildman–Crippen MR) is 82.4 cm³/mol. The lowest BCUT2D eigenvalue weighted by Gasteiger charge is -2.28. The third-order valence-electron chi connectivity index (χ3n) is 3.21. The molecule has 2 rings (SSSR count). The maximum Gasteiger partial charge on any atom is 0.333 e. The van der Waals surface area contributed by atoms with Crippen LogP contribution in [0.1, 0.15) is 13.3 Å². The molecule has 0 bridgehead atoms. The molecular formula is C15H16BrNO4. The number of anilines is 1. The normalized spacial score (nSPS) is 14.5. The highest BCUT2D eigenvalue weighted by Crippen LogP contribution is 2.34. The standard InChI is InChI=1S/C15H16BrNO4/c1-3-10(15(19)20-2)6-7-17-12-8-11(16)4-5-13(12)21-9-14(17)18/h4-6,8H,3,7,9H2,1-2H3. The van der Waals surface area contributed by atoms with E-state index in [0.29, 0.717) is 30.0 Å². The molecule has 112 valence electrons. The SMILES string of the molecule is CCC(=CCN1C(=O)COc2ccc(Br)cc21)C(=O)OC. The van der Waals surface area contributed by atoms with E-state index in [9.17, 15) is 9.59 Å². The molecular weight excluding hydrogens is 338 g/mol. The Bertz CT molecular complexity index is 597. The van der Waals surface area contributed by atoms with E-state index in [4.69, 9.17) is 9.47 Å². The van der Waals surface area contributed by atoms with Crippen molar-refractivity contribution in [3.05, 3.63) is 34.3 Å². The second-order valence-corrected chi connectivity index (χ2v) is 5.40.